The first-order valence-corrected chi connectivity index (χ1v) is 12.5. The van der Waals surface area contributed by atoms with Gasteiger partial charge in [-0.1, -0.05) is 47.5 Å². The Labute approximate surface area is 218 Å². The smallest absolute Gasteiger partial charge is 0.322 e. The molecule has 0 unspecified atom stereocenters. The molecule has 0 aliphatic carbocycles. The second-order valence-electron chi connectivity index (χ2n) is 7.75. The van der Waals surface area contributed by atoms with E-state index in [1.807, 2.05) is 17.5 Å². The van der Waals surface area contributed by atoms with Crippen molar-refractivity contribution in [2.24, 2.45) is 0 Å². The molecule has 0 saturated carbocycles. The van der Waals surface area contributed by atoms with Gasteiger partial charge in [0.2, 0.25) is 5.91 Å². The monoisotopic (exact) mass is 537 g/mol. The highest BCUT2D eigenvalue weighted by atomic mass is 35.5. The molecule has 35 heavy (non-hydrogen) atoms. The summed E-state index contributed by atoms with van der Waals surface area (Å²) in [4.78, 5) is 30.6. The third-order valence-corrected chi connectivity index (χ3v) is 6.64. The number of benzene rings is 2. The standard InChI is InChI=1S/C25H26Cl2FN3O3S/c1-34-13-4-12-30(25(33)29-24-21(26)6-2-7-22(24)27)17-23(32)31(16-20-5-3-14-35-20)15-18-8-10-19(28)11-9-18/h2-3,5-11,14H,4,12-13,15-17H2,1H3,(H,29,33). The average Bonchev–Trinajstić information content (AvgIpc) is 3.35. The van der Waals surface area contributed by atoms with Crippen LogP contribution in [0.3, 0.4) is 0 Å². The Morgan fingerprint density at radius 3 is 2.34 bits per heavy atom. The van der Waals surface area contributed by atoms with E-state index >= 15 is 0 Å². The number of urea groups is 1. The molecule has 6 nitrogen and oxygen atoms in total. The molecule has 0 atom stereocenters. The Hall–Kier alpha value is -2.65. The molecule has 0 fully saturated rings. The van der Waals surface area contributed by atoms with Gasteiger partial charge in [0.1, 0.15) is 12.4 Å². The lowest BCUT2D eigenvalue weighted by Crippen LogP contribution is -2.44. The minimum Gasteiger partial charge on any atom is -0.385 e. The summed E-state index contributed by atoms with van der Waals surface area (Å²) in [5.74, 6) is -0.593. The van der Waals surface area contributed by atoms with E-state index in [9.17, 15) is 14.0 Å². The molecule has 186 valence electrons. The first-order valence-electron chi connectivity index (χ1n) is 10.9. The van der Waals surface area contributed by atoms with Gasteiger partial charge in [-0.15, -0.1) is 11.3 Å². The van der Waals surface area contributed by atoms with Gasteiger partial charge in [-0.05, 0) is 47.7 Å². The largest absolute Gasteiger partial charge is 0.385 e. The molecular weight excluding hydrogens is 512 g/mol. The van der Waals surface area contributed by atoms with Gasteiger partial charge in [0, 0.05) is 31.7 Å². The lowest BCUT2D eigenvalue weighted by atomic mass is 10.2. The second kappa shape index (κ2) is 13.4. The molecule has 0 radical (unpaired) electrons. The van der Waals surface area contributed by atoms with Gasteiger partial charge in [-0.2, -0.15) is 0 Å². The van der Waals surface area contributed by atoms with Crippen LogP contribution < -0.4 is 5.32 Å². The number of methoxy groups -OCH3 is 1. The Balaban J connectivity index is 1.78. The van der Waals surface area contributed by atoms with Crippen molar-refractivity contribution in [2.75, 3.05) is 32.1 Å². The normalized spacial score (nSPS) is 10.7. The number of nitrogens with zero attached hydrogens (tertiary/aromatic N) is 2. The minimum absolute atomic E-state index is 0.163. The number of hydrogen-bond acceptors (Lipinski definition) is 4. The van der Waals surface area contributed by atoms with E-state index in [4.69, 9.17) is 27.9 Å². The zero-order valence-corrected chi connectivity index (χ0v) is 21.5. The van der Waals surface area contributed by atoms with E-state index in [1.165, 1.54) is 28.4 Å². The van der Waals surface area contributed by atoms with Crippen LogP contribution in [0.4, 0.5) is 14.9 Å². The van der Waals surface area contributed by atoms with Gasteiger partial charge >= 0.3 is 6.03 Å². The van der Waals surface area contributed by atoms with Crippen LogP contribution in [0.2, 0.25) is 10.0 Å². The second-order valence-corrected chi connectivity index (χ2v) is 9.60. The molecule has 1 N–H and O–H groups in total. The quantitative estimate of drug-likeness (QED) is 0.292. The highest BCUT2D eigenvalue weighted by Gasteiger charge is 2.23. The lowest BCUT2D eigenvalue weighted by molar-refractivity contribution is -0.133. The Bertz CT molecular complexity index is 1090. The molecule has 3 amide bonds. The average molecular weight is 538 g/mol. The van der Waals surface area contributed by atoms with Crippen LogP contribution in [0.15, 0.2) is 60.0 Å². The molecule has 1 aromatic heterocycles. The van der Waals surface area contributed by atoms with Crippen LogP contribution in [-0.4, -0.2) is 48.5 Å². The SMILES string of the molecule is COCCCN(CC(=O)N(Cc1ccc(F)cc1)Cc1cccs1)C(=O)Nc1c(Cl)cccc1Cl. The fourth-order valence-electron chi connectivity index (χ4n) is 3.35. The van der Waals surface area contributed by atoms with E-state index < -0.39 is 6.03 Å². The summed E-state index contributed by atoms with van der Waals surface area (Å²) in [6, 6.07) is 14.3. The number of nitrogens with one attached hydrogen (secondary N) is 1. The fourth-order valence-corrected chi connectivity index (χ4v) is 4.56. The summed E-state index contributed by atoms with van der Waals surface area (Å²) < 4.78 is 18.5. The van der Waals surface area contributed by atoms with Crippen LogP contribution in [0.5, 0.6) is 0 Å². The van der Waals surface area contributed by atoms with Gasteiger partial charge < -0.3 is 19.9 Å². The van der Waals surface area contributed by atoms with Crippen molar-refractivity contribution in [3.05, 3.63) is 86.3 Å². The van der Waals surface area contributed by atoms with Gasteiger partial charge in [-0.25, -0.2) is 9.18 Å². The zero-order valence-electron chi connectivity index (χ0n) is 19.2. The number of rotatable bonds is 11. The van der Waals surface area contributed by atoms with E-state index in [1.54, 1.807) is 42.3 Å². The van der Waals surface area contributed by atoms with Gasteiger partial charge in [0.15, 0.2) is 0 Å². The number of hydrogen-bond donors (Lipinski definition) is 1. The van der Waals surface area contributed by atoms with Crippen molar-refractivity contribution in [1.29, 1.82) is 0 Å². The summed E-state index contributed by atoms with van der Waals surface area (Å²) in [5, 5.41) is 5.25. The Morgan fingerprint density at radius 1 is 1.00 bits per heavy atom. The highest BCUT2D eigenvalue weighted by Crippen LogP contribution is 2.30. The van der Waals surface area contributed by atoms with Gasteiger partial charge in [0.05, 0.1) is 22.3 Å². The van der Waals surface area contributed by atoms with Crippen molar-refractivity contribution in [2.45, 2.75) is 19.5 Å². The van der Waals surface area contributed by atoms with E-state index in [-0.39, 0.29) is 37.0 Å². The van der Waals surface area contributed by atoms with Crippen molar-refractivity contribution in [1.82, 2.24) is 9.80 Å². The number of carbonyl (C=O) groups excluding carboxylic acids is 2. The predicted molar refractivity (Wildman–Crippen MR) is 139 cm³/mol. The summed E-state index contributed by atoms with van der Waals surface area (Å²) in [7, 11) is 1.57. The highest BCUT2D eigenvalue weighted by molar-refractivity contribution is 7.09. The number of thiophene rings is 1. The topological polar surface area (TPSA) is 61.9 Å². The molecular formula is C25H26Cl2FN3O3S. The van der Waals surface area contributed by atoms with Crippen LogP contribution in [0.1, 0.15) is 16.9 Å². The zero-order chi connectivity index (χ0) is 25.2. The number of anilines is 1. The molecule has 10 heteroatoms. The molecule has 0 aliphatic heterocycles. The Kier molecular flexibility index (Phi) is 10.3. The fraction of sp³-hybridized carbons (Fsp3) is 0.280. The van der Waals surface area contributed by atoms with E-state index in [2.05, 4.69) is 5.32 Å². The number of para-hydroxylation sites is 1. The van der Waals surface area contributed by atoms with Crippen LogP contribution in [0, 0.1) is 5.82 Å². The summed E-state index contributed by atoms with van der Waals surface area (Å²) in [6.45, 7) is 1.21. The molecule has 1 heterocycles. The van der Waals surface area contributed by atoms with Crippen molar-refractivity contribution < 1.29 is 18.7 Å². The summed E-state index contributed by atoms with van der Waals surface area (Å²) >= 11 is 13.9. The third kappa shape index (κ3) is 8.21. The van der Waals surface area contributed by atoms with Gasteiger partial charge in [0.25, 0.3) is 0 Å². The summed E-state index contributed by atoms with van der Waals surface area (Å²) in [5.41, 5.74) is 1.07. The molecule has 3 rings (SSSR count). The van der Waals surface area contributed by atoms with Crippen LogP contribution in [-0.2, 0) is 22.6 Å². The first-order chi connectivity index (χ1) is 16.9. The Morgan fingerprint density at radius 2 is 1.71 bits per heavy atom. The molecule has 3 aromatic rings. The van der Waals surface area contributed by atoms with E-state index in [0.29, 0.717) is 29.6 Å². The maximum absolute atomic E-state index is 13.4. The maximum Gasteiger partial charge on any atom is 0.322 e. The molecule has 0 bridgehead atoms. The predicted octanol–water partition coefficient (Wildman–Crippen LogP) is 6.29. The third-order valence-electron chi connectivity index (χ3n) is 5.15. The van der Waals surface area contributed by atoms with Crippen molar-refractivity contribution in [3.63, 3.8) is 0 Å². The molecule has 2 aromatic carbocycles. The number of amides is 3. The number of halogens is 3. The van der Waals surface area contributed by atoms with Crippen molar-refractivity contribution >= 4 is 52.2 Å². The molecule has 0 aliphatic rings. The number of carbonyl (C=O) groups is 2. The van der Waals surface area contributed by atoms with Crippen LogP contribution >= 0.6 is 34.5 Å². The molecule has 0 spiro atoms. The molecule has 0 saturated heterocycles. The minimum atomic E-state index is -0.498. The van der Waals surface area contributed by atoms with Crippen LogP contribution in [0.25, 0.3) is 0 Å². The van der Waals surface area contributed by atoms with E-state index in [0.717, 1.165) is 10.4 Å². The lowest BCUT2D eigenvalue weighted by Gasteiger charge is -2.28. The summed E-state index contributed by atoms with van der Waals surface area (Å²) in [6.07, 6.45) is 0.538. The number of ether oxygens (including phenoxy) is 1. The first kappa shape index (κ1) is 26.9. The van der Waals surface area contributed by atoms with Gasteiger partial charge in [-0.3, -0.25) is 4.79 Å². The van der Waals surface area contributed by atoms with Crippen molar-refractivity contribution in [3.8, 4) is 0 Å². The maximum atomic E-state index is 13.4.